The van der Waals surface area contributed by atoms with Crippen LogP contribution in [0, 0.1) is 0 Å². The lowest BCUT2D eigenvalue weighted by atomic mass is 10.2. The van der Waals surface area contributed by atoms with E-state index in [2.05, 4.69) is 14.2 Å². The Morgan fingerprint density at radius 1 is 0.917 bits per heavy atom. The first-order valence-electron chi connectivity index (χ1n) is 6.59. The fraction of sp³-hybridized carbons (Fsp3) is 0.333. The Labute approximate surface area is 137 Å². The highest BCUT2D eigenvalue weighted by Gasteiger charge is 2.32. The third-order valence-corrected chi connectivity index (χ3v) is 2.73. The van der Waals surface area contributed by atoms with Gasteiger partial charge in [0.15, 0.2) is 6.61 Å². The van der Waals surface area contributed by atoms with Gasteiger partial charge < -0.3 is 23.7 Å². The fourth-order valence-electron chi connectivity index (χ4n) is 1.53. The number of carbonyl (C=O) groups excluding carboxylic acids is 4. The molecule has 0 heterocycles. The van der Waals surface area contributed by atoms with E-state index in [0.717, 1.165) is 21.3 Å². The summed E-state index contributed by atoms with van der Waals surface area (Å²) in [5.74, 6) is -3.76. The Bertz CT molecular complexity index is 607. The second kappa shape index (κ2) is 9.13. The van der Waals surface area contributed by atoms with Gasteiger partial charge in [0, 0.05) is 0 Å². The molecule has 0 amide bonds. The smallest absolute Gasteiger partial charge is 0.359 e. The SMILES string of the molecule is COC(=O)COC(=O)c1ccccc1OC(C(=O)OC)C(=O)OC. The molecule has 0 unspecified atom stereocenters. The summed E-state index contributed by atoms with van der Waals surface area (Å²) >= 11 is 0. The molecule has 0 atom stereocenters. The molecule has 9 heteroatoms. The Hall–Kier alpha value is -3.10. The Balaban J connectivity index is 2.99. The number of methoxy groups -OCH3 is 3. The number of rotatable bonds is 7. The molecule has 0 spiro atoms. The molecule has 0 aliphatic rings. The number of esters is 4. The molecular weight excluding hydrogens is 324 g/mol. The van der Waals surface area contributed by atoms with Crippen molar-refractivity contribution < 1.29 is 42.9 Å². The number of hydrogen-bond acceptors (Lipinski definition) is 9. The zero-order chi connectivity index (χ0) is 18.1. The maximum absolute atomic E-state index is 12.0. The summed E-state index contributed by atoms with van der Waals surface area (Å²) in [6.07, 6.45) is -1.71. The molecule has 0 fully saturated rings. The van der Waals surface area contributed by atoms with Crippen molar-refractivity contribution in [3.8, 4) is 5.75 Å². The minimum Gasteiger partial charge on any atom is -0.466 e. The van der Waals surface area contributed by atoms with E-state index in [9.17, 15) is 19.2 Å². The highest BCUT2D eigenvalue weighted by atomic mass is 16.6. The summed E-state index contributed by atoms with van der Waals surface area (Å²) in [6.45, 7) is -0.596. The number of hydrogen-bond donors (Lipinski definition) is 0. The Morgan fingerprint density at radius 2 is 1.50 bits per heavy atom. The molecule has 24 heavy (non-hydrogen) atoms. The lowest BCUT2D eigenvalue weighted by molar-refractivity contribution is -0.163. The van der Waals surface area contributed by atoms with Crippen molar-refractivity contribution in [3.63, 3.8) is 0 Å². The van der Waals surface area contributed by atoms with E-state index in [1.165, 1.54) is 24.3 Å². The first-order valence-corrected chi connectivity index (χ1v) is 6.59. The van der Waals surface area contributed by atoms with Crippen molar-refractivity contribution in [1.29, 1.82) is 0 Å². The predicted octanol–water partition coefficient (Wildman–Crippen LogP) is 0.110. The minimum atomic E-state index is -1.71. The number of carbonyl (C=O) groups is 4. The highest BCUT2D eigenvalue weighted by Crippen LogP contribution is 2.21. The van der Waals surface area contributed by atoms with Gasteiger partial charge in [-0.1, -0.05) is 12.1 Å². The van der Waals surface area contributed by atoms with Crippen LogP contribution < -0.4 is 4.74 Å². The molecule has 1 aromatic rings. The number of ether oxygens (including phenoxy) is 5. The van der Waals surface area contributed by atoms with Gasteiger partial charge >= 0.3 is 23.9 Å². The summed E-state index contributed by atoms with van der Waals surface area (Å²) in [7, 11) is 3.28. The first kappa shape index (κ1) is 18.9. The maximum atomic E-state index is 12.0. The van der Waals surface area contributed by atoms with Gasteiger partial charge in [-0.05, 0) is 12.1 Å². The van der Waals surface area contributed by atoms with Crippen molar-refractivity contribution in [2.45, 2.75) is 6.10 Å². The van der Waals surface area contributed by atoms with Crippen LogP contribution in [0.5, 0.6) is 5.75 Å². The van der Waals surface area contributed by atoms with Crippen LogP contribution in [0.1, 0.15) is 10.4 Å². The summed E-state index contributed by atoms with van der Waals surface area (Å²) in [6, 6.07) is 5.69. The summed E-state index contributed by atoms with van der Waals surface area (Å²) in [4.78, 5) is 46.3. The Kier molecular flexibility index (Phi) is 7.21. The molecule has 0 radical (unpaired) electrons. The lowest BCUT2D eigenvalue weighted by Crippen LogP contribution is -2.38. The largest absolute Gasteiger partial charge is 0.466 e. The van der Waals surface area contributed by atoms with Gasteiger partial charge in [0.1, 0.15) is 11.3 Å². The van der Waals surface area contributed by atoms with Gasteiger partial charge in [-0.3, -0.25) is 0 Å². The zero-order valence-electron chi connectivity index (χ0n) is 13.3. The average molecular weight is 340 g/mol. The van der Waals surface area contributed by atoms with Crippen molar-refractivity contribution in [2.75, 3.05) is 27.9 Å². The topological polar surface area (TPSA) is 114 Å². The van der Waals surface area contributed by atoms with Gasteiger partial charge in [0.05, 0.1) is 21.3 Å². The van der Waals surface area contributed by atoms with Gasteiger partial charge in [0.25, 0.3) is 6.10 Å². The van der Waals surface area contributed by atoms with Crippen LogP contribution in [0.25, 0.3) is 0 Å². The molecule has 1 rings (SSSR count). The standard InChI is InChI=1S/C15H16O9/c1-20-11(16)8-23-13(17)9-6-4-5-7-10(9)24-12(14(18)21-2)15(19)22-3/h4-7,12H,8H2,1-3H3. The van der Waals surface area contributed by atoms with Crippen LogP contribution in [0.4, 0.5) is 0 Å². The highest BCUT2D eigenvalue weighted by molar-refractivity contribution is 5.99. The van der Waals surface area contributed by atoms with E-state index < -0.39 is 36.6 Å². The maximum Gasteiger partial charge on any atom is 0.359 e. The van der Waals surface area contributed by atoms with E-state index in [-0.39, 0.29) is 11.3 Å². The molecule has 0 N–H and O–H groups in total. The molecule has 0 aliphatic heterocycles. The van der Waals surface area contributed by atoms with Crippen LogP contribution in [-0.2, 0) is 33.3 Å². The Morgan fingerprint density at radius 3 is 2.04 bits per heavy atom. The van der Waals surface area contributed by atoms with Gasteiger partial charge in [-0.25, -0.2) is 19.2 Å². The summed E-state index contributed by atoms with van der Waals surface area (Å²) in [5, 5.41) is 0. The molecule has 0 aromatic heterocycles. The van der Waals surface area contributed by atoms with Crippen LogP contribution in [0.3, 0.4) is 0 Å². The van der Waals surface area contributed by atoms with E-state index in [0.29, 0.717) is 0 Å². The monoisotopic (exact) mass is 340 g/mol. The normalized spacial score (nSPS) is 9.83. The van der Waals surface area contributed by atoms with Gasteiger partial charge in [-0.15, -0.1) is 0 Å². The molecular formula is C15H16O9. The summed E-state index contributed by atoms with van der Waals surface area (Å²) in [5.41, 5.74) is -0.0980. The number of para-hydroxylation sites is 1. The fourth-order valence-corrected chi connectivity index (χ4v) is 1.53. The molecule has 9 nitrogen and oxygen atoms in total. The number of benzene rings is 1. The van der Waals surface area contributed by atoms with Crippen LogP contribution >= 0.6 is 0 Å². The zero-order valence-corrected chi connectivity index (χ0v) is 13.3. The van der Waals surface area contributed by atoms with E-state index in [4.69, 9.17) is 9.47 Å². The minimum absolute atomic E-state index is 0.0980. The third-order valence-electron chi connectivity index (χ3n) is 2.73. The van der Waals surface area contributed by atoms with Crippen LogP contribution in [0.15, 0.2) is 24.3 Å². The van der Waals surface area contributed by atoms with Crippen LogP contribution in [0.2, 0.25) is 0 Å². The summed E-state index contributed by atoms with van der Waals surface area (Å²) < 4.78 is 23.3. The van der Waals surface area contributed by atoms with Crippen molar-refractivity contribution in [2.24, 2.45) is 0 Å². The quantitative estimate of drug-likeness (QED) is 0.387. The van der Waals surface area contributed by atoms with E-state index >= 15 is 0 Å². The third kappa shape index (κ3) is 4.97. The molecule has 130 valence electrons. The van der Waals surface area contributed by atoms with Gasteiger partial charge in [-0.2, -0.15) is 0 Å². The lowest BCUT2D eigenvalue weighted by Gasteiger charge is -2.16. The van der Waals surface area contributed by atoms with Crippen LogP contribution in [-0.4, -0.2) is 57.9 Å². The van der Waals surface area contributed by atoms with E-state index in [1.54, 1.807) is 0 Å². The second-order valence-corrected chi connectivity index (χ2v) is 4.19. The first-order chi connectivity index (χ1) is 11.4. The van der Waals surface area contributed by atoms with Crippen molar-refractivity contribution in [3.05, 3.63) is 29.8 Å². The molecule has 0 bridgehead atoms. The van der Waals surface area contributed by atoms with Crippen molar-refractivity contribution in [1.82, 2.24) is 0 Å². The molecule has 1 aromatic carbocycles. The molecule has 0 saturated heterocycles. The van der Waals surface area contributed by atoms with Crippen molar-refractivity contribution >= 4 is 23.9 Å². The van der Waals surface area contributed by atoms with Gasteiger partial charge in [0.2, 0.25) is 0 Å². The predicted molar refractivity (Wildman–Crippen MR) is 77.2 cm³/mol. The average Bonchev–Trinajstić information content (AvgIpc) is 2.62. The molecule has 0 aliphatic carbocycles. The second-order valence-electron chi connectivity index (χ2n) is 4.19. The van der Waals surface area contributed by atoms with E-state index in [1.807, 2.05) is 0 Å². The molecule has 0 saturated carbocycles.